The van der Waals surface area contributed by atoms with E-state index in [2.05, 4.69) is 0 Å². The maximum Gasteiger partial charge on any atom is 3.00 e. The zero-order valence-electron chi connectivity index (χ0n) is 1.80. The van der Waals surface area contributed by atoms with Gasteiger partial charge in [0.05, 0.1) is 0 Å². The van der Waals surface area contributed by atoms with Gasteiger partial charge >= 0.3 is 17.4 Å². The molecule has 0 unspecified atom stereocenters. The summed E-state index contributed by atoms with van der Waals surface area (Å²) in [5.74, 6) is 0. The van der Waals surface area contributed by atoms with E-state index < -0.39 is 6.47 Å². The van der Waals surface area contributed by atoms with E-state index in [0.29, 0.717) is 0 Å². The molecule has 0 saturated carbocycles. The molecule has 0 N–H and O–H groups in total. The molecule has 0 aromatic carbocycles. The fourth-order valence-corrected chi connectivity index (χ4v) is 0. The Bertz CT molecular complexity index is 13.5. The van der Waals surface area contributed by atoms with Crippen molar-refractivity contribution in [2.75, 3.05) is 0 Å². The molecule has 0 aliphatic carbocycles. The molecule has 0 aromatic rings. The summed E-state index contributed by atoms with van der Waals surface area (Å²) >= 11 is 0. The molecule has 0 aromatic heterocycles. The Kier molecular flexibility index (Phi) is 27.0. The molecule has 0 rings (SSSR count). The van der Waals surface area contributed by atoms with Gasteiger partial charge in [0.15, 0.2) is 0 Å². The average Bonchev–Trinajstić information content (AvgIpc) is 0.918. The molecule has 0 amide bonds. The fraction of sp³-hybridized carbons (Fsp3) is 0. The van der Waals surface area contributed by atoms with Crippen LogP contribution in [0.5, 0.6) is 0 Å². The monoisotopic (exact) mass is 96.9 g/mol. The summed E-state index contributed by atoms with van der Waals surface area (Å²) in [4.78, 5) is 8.25. The van der Waals surface area contributed by atoms with E-state index in [9.17, 15) is 0 Å². The van der Waals surface area contributed by atoms with Gasteiger partial charge in [0.1, 0.15) is 0 Å². The zero-order valence-corrected chi connectivity index (χ0v) is 3.08. The Morgan fingerprint density at radius 2 is 1.75 bits per heavy atom. The Hall–Kier alpha value is 0.00247. The van der Waals surface area contributed by atoms with Crippen molar-refractivity contribution in [3.05, 3.63) is 0 Å². The minimum Gasteiger partial charge on any atom is -0.554 e. The van der Waals surface area contributed by atoms with Crippen LogP contribution in [-0.2, 0) is 22.2 Å². The molecule has 0 atom stereocenters. The quantitative estimate of drug-likeness (QED) is 0.340. The summed E-state index contributed by atoms with van der Waals surface area (Å²) in [6.45, 7) is -0.500. The maximum atomic E-state index is 8.25. The molecule has 0 spiro atoms. The van der Waals surface area contributed by atoms with Crippen molar-refractivity contribution >= 4 is 6.47 Å². The smallest absolute Gasteiger partial charge is 0.554 e. The first-order chi connectivity index (χ1) is 1.41. The molecule has 0 heterocycles. The van der Waals surface area contributed by atoms with Crippen LogP contribution in [0, 0.1) is 0 Å². The third-order valence-corrected chi connectivity index (χ3v) is 0. The van der Waals surface area contributed by atoms with E-state index in [4.69, 9.17) is 9.90 Å². The van der Waals surface area contributed by atoms with Gasteiger partial charge in [-0.15, -0.1) is 0 Å². The summed E-state index contributed by atoms with van der Waals surface area (Å²) in [7, 11) is 0. The van der Waals surface area contributed by atoms with E-state index >= 15 is 0 Å². The summed E-state index contributed by atoms with van der Waals surface area (Å²) in [6.07, 6.45) is 0. The number of hydrogen-bond donors (Lipinski definition) is 0. The number of rotatable bonds is 0. The van der Waals surface area contributed by atoms with Gasteiger partial charge in [0, 0.05) is 6.47 Å². The van der Waals surface area contributed by atoms with E-state index in [-0.39, 0.29) is 17.4 Å². The number of carbonyl (C=O) groups is 1. The van der Waals surface area contributed by atoms with Crippen LogP contribution in [0.15, 0.2) is 0 Å². The van der Waals surface area contributed by atoms with Crippen LogP contribution in [0.4, 0.5) is 0 Å². The van der Waals surface area contributed by atoms with Gasteiger partial charge in [-0.1, -0.05) is 0 Å². The Balaban J connectivity index is 0. The van der Waals surface area contributed by atoms with Crippen molar-refractivity contribution in [1.82, 2.24) is 0 Å². The number of hydrogen-bond acceptors (Lipinski definition) is 2. The second-order valence-electron chi connectivity index (χ2n) is 0.0962. The van der Waals surface area contributed by atoms with Crippen LogP contribution < -0.4 is 5.11 Å². The zero-order chi connectivity index (χ0) is 2.71. The Morgan fingerprint density at radius 3 is 1.75 bits per heavy atom. The Labute approximate surface area is 34.6 Å². The third kappa shape index (κ3) is 331000. The second kappa shape index (κ2) is 12.0. The van der Waals surface area contributed by atoms with Crippen LogP contribution in [0.25, 0.3) is 0 Å². The standard InChI is InChI=1S/CH2O2.Cr/c2-1-3;/h1H,(H,2,3);/q;+3/p-1. The molecule has 0 bridgehead atoms. The molecular weight excluding hydrogens is 96.0 g/mol. The minimum atomic E-state index is -0.500. The Morgan fingerprint density at radius 1 is 1.75 bits per heavy atom. The minimum absolute atomic E-state index is 0. The first-order valence-corrected chi connectivity index (χ1v) is 0.471. The summed E-state index contributed by atoms with van der Waals surface area (Å²) in [6, 6.07) is 0. The second-order valence-corrected chi connectivity index (χ2v) is 0.0962. The summed E-state index contributed by atoms with van der Waals surface area (Å²) in [5.41, 5.74) is 0. The molecule has 21 valence electrons. The van der Waals surface area contributed by atoms with Crippen LogP contribution in [0.3, 0.4) is 0 Å². The molecule has 0 saturated heterocycles. The topological polar surface area (TPSA) is 40.1 Å². The van der Waals surface area contributed by atoms with E-state index in [1.54, 1.807) is 0 Å². The van der Waals surface area contributed by atoms with Crippen molar-refractivity contribution in [2.24, 2.45) is 0 Å². The molecule has 4 heavy (non-hydrogen) atoms. The molecule has 1 radical (unpaired) electrons. The van der Waals surface area contributed by atoms with Crippen LogP contribution in [-0.4, -0.2) is 6.47 Å². The molecule has 0 aliphatic rings. The van der Waals surface area contributed by atoms with Crippen molar-refractivity contribution in [3.63, 3.8) is 0 Å². The number of carboxylic acid groups (broad SMARTS) is 1. The molecule has 0 fully saturated rings. The van der Waals surface area contributed by atoms with Crippen molar-refractivity contribution in [3.8, 4) is 0 Å². The maximum absolute atomic E-state index is 8.25. The third-order valence-electron chi connectivity index (χ3n) is 0. The normalized spacial score (nSPS) is 3.00. The van der Waals surface area contributed by atoms with Crippen molar-refractivity contribution in [1.29, 1.82) is 0 Å². The van der Waals surface area contributed by atoms with E-state index in [0.717, 1.165) is 0 Å². The first kappa shape index (κ1) is 9.00. The predicted octanol–water partition coefficient (Wildman–Crippen LogP) is -1.64. The van der Waals surface area contributed by atoms with Crippen molar-refractivity contribution in [2.45, 2.75) is 0 Å². The first-order valence-electron chi connectivity index (χ1n) is 0.471. The largest absolute Gasteiger partial charge is 3.00 e. The molecular formula is CHCrO2+2. The van der Waals surface area contributed by atoms with Gasteiger partial charge < -0.3 is 9.90 Å². The van der Waals surface area contributed by atoms with Crippen LogP contribution in [0.2, 0.25) is 0 Å². The van der Waals surface area contributed by atoms with E-state index in [1.165, 1.54) is 0 Å². The SMILES string of the molecule is O=C[O-].[Cr+3]. The van der Waals surface area contributed by atoms with E-state index in [1.807, 2.05) is 0 Å². The van der Waals surface area contributed by atoms with Crippen molar-refractivity contribution < 1.29 is 27.3 Å². The molecule has 2 nitrogen and oxygen atoms in total. The van der Waals surface area contributed by atoms with Gasteiger partial charge in [0.25, 0.3) is 0 Å². The van der Waals surface area contributed by atoms with Gasteiger partial charge in [0.2, 0.25) is 0 Å². The predicted molar refractivity (Wildman–Crippen MR) is 6.06 cm³/mol. The average molecular weight is 97.0 g/mol. The van der Waals surface area contributed by atoms with Crippen LogP contribution in [0.1, 0.15) is 0 Å². The molecule has 3 heteroatoms. The molecule has 0 aliphatic heterocycles. The fourth-order valence-electron chi connectivity index (χ4n) is 0. The summed E-state index contributed by atoms with van der Waals surface area (Å²) < 4.78 is 0. The van der Waals surface area contributed by atoms with Gasteiger partial charge in [-0.25, -0.2) is 0 Å². The van der Waals surface area contributed by atoms with Gasteiger partial charge in [-0.05, 0) is 0 Å². The van der Waals surface area contributed by atoms with Gasteiger partial charge in [-0.3, -0.25) is 0 Å². The van der Waals surface area contributed by atoms with Gasteiger partial charge in [-0.2, -0.15) is 0 Å². The summed E-state index contributed by atoms with van der Waals surface area (Å²) in [5, 5.41) is 8.25. The van der Waals surface area contributed by atoms with Crippen LogP contribution >= 0.6 is 0 Å². The number of carbonyl (C=O) groups excluding carboxylic acids is 1.